The minimum Gasteiger partial charge on any atom is -0.300 e. The van der Waals surface area contributed by atoms with Gasteiger partial charge in [0.25, 0.3) is 0 Å². The lowest BCUT2D eigenvalue weighted by Crippen LogP contribution is -2.05. The Hall–Kier alpha value is -1.11. The molecule has 0 aromatic heterocycles. The van der Waals surface area contributed by atoms with E-state index in [-0.39, 0.29) is 0 Å². The van der Waals surface area contributed by atoms with E-state index in [9.17, 15) is 9.59 Å². The number of rotatable bonds is 4. The number of hydrogen-bond acceptors (Lipinski definition) is 4. The Balaban J connectivity index is 2.72. The van der Waals surface area contributed by atoms with E-state index in [2.05, 4.69) is 32.8 Å². The van der Waals surface area contributed by atoms with E-state index in [1.54, 1.807) is 12.1 Å². The summed E-state index contributed by atoms with van der Waals surface area (Å²) in [5, 5.41) is 7.30. The highest BCUT2D eigenvalue weighted by Crippen LogP contribution is 2.14. The molecule has 0 radical (unpaired) electrons. The number of azo groups is 1. The summed E-state index contributed by atoms with van der Waals surface area (Å²) in [6.45, 7) is 0. The summed E-state index contributed by atoms with van der Waals surface area (Å²) in [6.07, 6.45) is 0.895. The molecule has 1 aromatic carbocycles. The van der Waals surface area contributed by atoms with E-state index in [0.717, 1.165) is 3.57 Å². The van der Waals surface area contributed by atoms with Gasteiger partial charge in [-0.1, -0.05) is 0 Å². The number of aldehydes is 2. The van der Waals surface area contributed by atoms with Crippen LogP contribution in [0.1, 0.15) is 0 Å². The van der Waals surface area contributed by atoms with Gasteiger partial charge >= 0.3 is 0 Å². The molecule has 0 fully saturated rings. The normalized spacial score (nSPS) is 10.7. The smallest absolute Gasteiger partial charge is 0.181 e. The van der Waals surface area contributed by atoms with Crippen LogP contribution in [0, 0.1) is 3.57 Å². The van der Waals surface area contributed by atoms with Gasteiger partial charge in [-0.25, -0.2) is 0 Å². The van der Waals surface area contributed by atoms with Crippen molar-refractivity contribution in [2.24, 2.45) is 10.2 Å². The second-order valence-corrected chi connectivity index (χ2v) is 3.70. The first-order valence-corrected chi connectivity index (χ1v) is 4.91. The predicted molar refractivity (Wildman–Crippen MR) is 59.6 cm³/mol. The Labute approximate surface area is 94.6 Å². The molecule has 0 saturated heterocycles. The van der Waals surface area contributed by atoms with E-state index in [4.69, 9.17) is 0 Å². The van der Waals surface area contributed by atoms with Crippen molar-refractivity contribution in [2.75, 3.05) is 0 Å². The molecule has 72 valence electrons. The van der Waals surface area contributed by atoms with Crippen molar-refractivity contribution in [3.63, 3.8) is 0 Å². The molecule has 0 aliphatic rings. The third kappa shape index (κ3) is 3.33. The predicted octanol–water partition coefficient (Wildman–Crippen LogP) is 2.14. The lowest BCUT2D eigenvalue weighted by Gasteiger charge is -1.93. The standard InChI is InChI=1S/C9H7IN2O2/c10-7-1-3-8(4-2-7)11-12-9(5-13)6-14/h1-6,9H. The van der Waals surface area contributed by atoms with Crippen molar-refractivity contribution < 1.29 is 9.59 Å². The molecule has 0 N–H and O–H groups in total. The summed E-state index contributed by atoms with van der Waals surface area (Å²) in [4.78, 5) is 20.5. The fourth-order valence-electron chi connectivity index (χ4n) is 0.728. The van der Waals surface area contributed by atoms with Crippen molar-refractivity contribution in [3.05, 3.63) is 27.8 Å². The highest BCUT2D eigenvalue weighted by atomic mass is 127. The maximum atomic E-state index is 10.2. The van der Waals surface area contributed by atoms with E-state index in [0.29, 0.717) is 18.3 Å². The van der Waals surface area contributed by atoms with Gasteiger partial charge < -0.3 is 9.59 Å². The third-order valence-electron chi connectivity index (χ3n) is 1.41. The molecule has 0 bridgehead atoms. The zero-order valence-corrected chi connectivity index (χ0v) is 9.29. The van der Waals surface area contributed by atoms with Gasteiger partial charge in [-0.3, -0.25) is 0 Å². The van der Waals surface area contributed by atoms with Crippen LogP contribution in [-0.2, 0) is 9.59 Å². The van der Waals surface area contributed by atoms with Crippen molar-refractivity contribution in [1.29, 1.82) is 0 Å². The van der Waals surface area contributed by atoms with E-state index < -0.39 is 6.04 Å². The van der Waals surface area contributed by atoms with Crippen LogP contribution in [0.25, 0.3) is 0 Å². The fourth-order valence-corrected chi connectivity index (χ4v) is 1.09. The maximum Gasteiger partial charge on any atom is 0.181 e. The number of carbonyl (C=O) groups excluding carboxylic acids is 2. The Morgan fingerprint density at radius 3 is 2.21 bits per heavy atom. The molecule has 0 heterocycles. The quantitative estimate of drug-likeness (QED) is 0.370. The van der Waals surface area contributed by atoms with Gasteiger partial charge in [-0.15, -0.1) is 0 Å². The van der Waals surface area contributed by atoms with Crippen LogP contribution in [0.3, 0.4) is 0 Å². The second-order valence-electron chi connectivity index (χ2n) is 2.45. The number of hydrogen-bond donors (Lipinski definition) is 0. The minimum absolute atomic E-state index is 0.448. The monoisotopic (exact) mass is 302 g/mol. The zero-order chi connectivity index (χ0) is 10.4. The van der Waals surface area contributed by atoms with E-state index >= 15 is 0 Å². The number of benzene rings is 1. The molecule has 0 amide bonds. The summed E-state index contributed by atoms with van der Waals surface area (Å²) in [7, 11) is 0. The summed E-state index contributed by atoms with van der Waals surface area (Å²) in [5.41, 5.74) is 0.624. The van der Waals surface area contributed by atoms with Crippen LogP contribution < -0.4 is 0 Å². The topological polar surface area (TPSA) is 58.9 Å². The highest BCUT2D eigenvalue weighted by molar-refractivity contribution is 14.1. The maximum absolute atomic E-state index is 10.2. The van der Waals surface area contributed by atoms with Crippen LogP contribution in [0.15, 0.2) is 34.5 Å². The molecule has 0 aliphatic carbocycles. The largest absolute Gasteiger partial charge is 0.300 e. The average molecular weight is 302 g/mol. The van der Waals surface area contributed by atoms with Gasteiger partial charge in [-0.2, -0.15) is 10.2 Å². The first-order chi connectivity index (χ1) is 6.76. The summed E-state index contributed by atoms with van der Waals surface area (Å²) < 4.78 is 1.09. The van der Waals surface area contributed by atoms with Crippen LogP contribution in [0.2, 0.25) is 0 Å². The SMILES string of the molecule is O=CC(C=O)N=Nc1ccc(I)cc1. The van der Waals surface area contributed by atoms with Gasteiger partial charge in [0.1, 0.15) is 0 Å². The van der Waals surface area contributed by atoms with Gasteiger partial charge in [-0.05, 0) is 46.9 Å². The molecule has 4 nitrogen and oxygen atoms in total. The van der Waals surface area contributed by atoms with E-state index in [1.165, 1.54) is 0 Å². The summed E-state index contributed by atoms with van der Waals surface area (Å²) in [5.74, 6) is 0. The van der Waals surface area contributed by atoms with Crippen molar-refractivity contribution in [3.8, 4) is 0 Å². The molecule has 0 saturated carbocycles. The molecule has 0 aliphatic heterocycles. The Morgan fingerprint density at radius 1 is 1.14 bits per heavy atom. The first kappa shape index (κ1) is 11.0. The molecule has 1 rings (SSSR count). The summed E-state index contributed by atoms with van der Waals surface area (Å²) in [6, 6.07) is 6.27. The van der Waals surface area contributed by atoms with Crippen LogP contribution in [0.5, 0.6) is 0 Å². The molecular formula is C9H7IN2O2. The van der Waals surface area contributed by atoms with Gasteiger partial charge in [0, 0.05) is 3.57 Å². The Kier molecular flexibility index (Phi) is 4.37. The van der Waals surface area contributed by atoms with Crippen LogP contribution in [0.4, 0.5) is 5.69 Å². The number of halogens is 1. The third-order valence-corrected chi connectivity index (χ3v) is 2.13. The second kappa shape index (κ2) is 5.58. The minimum atomic E-state index is -0.991. The number of nitrogens with zero attached hydrogens (tertiary/aromatic N) is 2. The summed E-state index contributed by atoms with van der Waals surface area (Å²) >= 11 is 2.17. The first-order valence-electron chi connectivity index (χ1n) is 3.83. The molecule has 5 heteroatoms. The van der Waals surface area contributed by atoms with Gasteiger partial charge in [0.2, 0.25) is 0 Å². The molecule has 14 heavy (non-hydrogen) atoms. The molecule has 0 unspecified atom stereocenters. The Morgan fingerprint density at radius 2 is 1.71 bits per heavy atom. The Bertz CT molecular complexity index is 340. The molecule has 0 atom stereocenters. The van der Waals surface area contributed by atoms with Crippen LogP contribution >= 0.6 is 22.6 Å². The molecule has 1 aromatic rings. The molecule has 0 spiro atoms. The highest BCUT2D eigenvalue weighted by Gasteiger charge is 2.00. The average Bonchev–Trinajstić information content (AvgIpc) is 2.22. The number of carbonyl (C=O) groups is 2. The van der Waals surface area contributed by atoms with Crippen molar-refractivity contribution in [1.82, 2.24) is 0 Å². The van der Waals surface area contributed by atoms with Crippen molar-refractivity contribution >= 4 is 40.9 Å². The van der Waals surface area contributed by atoms with Gasteiger partial charge in [0.15, 0.2) is 18.6 Å². The van der Waals surface area contributed by atoms with Crippen molar-refractivity contribution in [2.45, 2.75) is 6.04 Å². The zero-order valence-electron chi connectivity index (χ0n) is 7.13. The van der Waals surface area contributed by atoms with Crippen LogP contribution in [-0.4, -0.2) is 18.6 Å². The fraction of sp³-hybridized carbons (Fsp3) is 0.111. The lowest BCUT2D eigenvalue weighted by molar-refractivity contribution is -0.116. The lowest BCUT2D eigenvalue weighted by atomic mass is 10.3. The molecular weight excluding hydrogens is 295 g/mol. The van der Waals surface area contributed by atoms with E-state index in [1.807, 2.05) is 12.1 Å². The van der Waals surface area contributed by atoms with Gasteiger partial charge in [0.05, 0.1) is 5.69 Å².